The average Bonchev–Trinajstić information content (AvgIpc) is 2.81. The monoisotopic (exact) mass is 497 g/mol. The lowest BCUT2D eigenvalue weighted by Gasteiger charge is -2.09. The van der Waals surface area contributed by atoms with Crippen LogP contribution in [0.2, 0.25) is 0 Å². The number of carbonyl (C=O) groups is 3. The van der Waals surface area contributed by atoms with Crippen molar-refractivity contribution in [1.82, 2.24) is 0 Å². The molecule has 3 aromatic carbocycles. The van der Waals surface area contributed by atoms with Gasteiger partial charge in [-0.15, -0.1) is 0 Å². The number of benzene rings is 3. The molecule has 0 bridgehead atoms. The summed E-state index contributed by atoms with van der Waals surface area (Å²) in [7, 11) is 1.55. The van der Waals surface area contributed by atoms with Gasteiger partial charge in [0, 0.05) is 21.8 Å². The molecule has 32 heavy (non-hydrogen) atoms. The van der Waals surface area contributed by atoms with E-state index in [4.69, 9.17) is 14.2 Å². The van der Waals surface area contributed by atoms with E-state index in [1.54, 1.807) is 67.8 Å². The number of ether oxygens (including phenoxy) is 3. The van der Waals surface area contributed by atoms with Gasteiger partial charge in [0.15, 0.2) is 13.2 Å². The van der Waals surface area contributed by atoms with Crippen molar-refractivity contribution in [1.29, 1.82) is 0 Å². The van der Waals surface area contributed by atoms with E-state index in [1.807, 2.05) is 0 Å². The SMILES string of the molecule is COc1cccc(NC(=O)COc2ccc(C(=O)OCC(=O)c3ccccc3Br)cc2)c1. The first-order valence-corrected chi connectivity index (χ1v) is 10.4. The molecule has 0 spiro atoms. The zero-order valence-electron chi connectivity index (χ0n) is 17.2. The number of halogens is 1. The highest BCUT2D eigenvalue weighted by Gasteiger charge is 2.14. The number of amides is 1. The fraction of sp³-hybridized carbons (Fsp3) is 0.125. The lowest BCUT2D eigenvalue weighted by molar-refractivity contribution is -0.118. The second-order valence-corrected chi connectivity index (χ2v) is 7.43. The summed E-state index contributed by atoms with van der Waals surface area (Å²) in [6, 6.07) is 20.0. The molecule has 0 saturated carbocycles. The van der Waals surface area contributed by atoms with Gasteiger partial charge in [-0.25, -0.2) is 4.79 Å². The van der Waals surface area contributed by atoms with Crippen molar-refractivity contribution in [3.8, 4) is 11.5 Å². The van der Waals surface area contributed by atoms with Gasteiger partial charge in [-0.05, 0) is 42.5 Å². The van der Waals surface area contributed by atoms with Crippen molar-refractivity contribution in [2.24, 2.45) is 0 Å². The number of hydrogen-bond donors (Lipinski definition) is 1. The molecule has 1 N–H and O–H groups in total. The molecule has 0 saturated heterocycles. The fourth-order valence-electron chi connectivity index (χ4n) is 2.71. The van der Waals surface area contributed by atoms with E-state index in [9.17, 15) is 14.4 Å². The number of nitrogens with one attached hydrogen (secondary N) is 1. The summed E-state index contributed by atoms with van der Waals surface area (Å²) in [5.41, 5.74) is 1.29. The lowest BCUT2D eigenvalue weighted by Crippen LogP contribution is -2.20. The van der Waals surface area contributed by atoms with Gasteiger partial charge < -0.3 is 19.5 Å². The number of carbonyl (C=O) groups excluding carboxylic acids is 3. The maximum absolute atomic E-state index is 12.2. The van der Waals surface area contributed by atoms with E-state index in [-0.39, 0.29) is 30.5 Å². The summed E-state index contributed by atoms with van der Waals surface area (Å²) in [5.74, 6) is -0.246. The molecule has 1 amide bonds. The third-order valence-electron chi connectivity index (χ3n) is 4.32. The van der Waals surface area contributed by atoms with Crippen LogP contribution in [0.3, 0.4) is 0 Å². The molecule has 164 valence electrons. The summed E-state index contributed by atoms with van der Waals surface area (Å²) in [6.45, 7) is -0.578. The predicted octanol–water partition coefficient (Wildman–Crippen LogP) is 4.51. The summed E-state index contributed by atoms with van der Waals surface area (Å²) >= 11 is 3.30. The van der Waals surface area contributed by atoms with Crippen LogP contribution in [0, 0.1) is 0 Å². The van der Waals surface area contributed by atoms with Gasteiger partial charge in [0.05, 0.1) is 12.7 Å². The van der Waals surface area contributed by atoms with E-state index in [2.05, 4.69) is 21.2 Å². The maximum atomic E-state index is 12.2. The molecule has 3 rings (SSSR count). The first-order chi connectivity index (χ1) is 15.5. The highest BCUT2D eigenvalue weighted by atomic mass is 79.9. The largest absolute Gasteiger partial charge is 0.497 e. The molecule has 0 aliphatic carbocycles. The molecule has 0 aliphatic heterocycles. The van der Waals surface area contributed by atoms with Crippen LogP contribution in [0.4, 0.5) is 5.69 Å². The van der Waals surface area contributed by atoms with Crippen molar-refractivity contribution in [2.75, 3.05) is 25.6 Å². The van der Waals surface area contributed by atoms with E-state index in [0.717, 1.165) is 0 Å². The molecule has 0 aromatic heterocycles. The van der Waals surface area contributed by atoms with E-state index in [0.29, 0.717) is 27.2 Å². The minimum Gasteiger partial charge on any atom is -0.497 e. The Kier molecular flexibility index (Phi) is 7.99. The van der Waals surface area contributed by atoms with Crippen LogP contribution < -0.4 is 14.8 Å². The van der Waals surface area contributed by atoms with Crippen LogP contribution in [0.15, 0.2) is 77.3 Å². The normalized spacial score (nSPS) is 10.2. The van der Waals surface area contributed by atoms with Gasteiger partial charge in [-0.1, -0.05) is 40.2 Å². The number of rotatable bonds is 9. The molecule has 7 nitrogen and oxygen atoms in total. The molecule has 0 unspecified atom stereocenters. The molecule has 8 heteroatoms. The van der Waals surface area contributed by atoms with Gasteiger partial charge in [0.1, 0.15) is 11.5 Å². The van der Waals surface area contributed by atoms with E-state index in [1.165, 1.54) is 12.1 Å². The Labute approximate surface area is 193 Å². The van der Waals surface area contributed by atoms with Crippen molar-refractivity contribution in [3.63, 3.8) is 0 Å². The highest BCUT2D eigenvalue weighted by Crippen LogP contribution is 2.18. The van der Waals surface area contributed by atoms with Crippen molar-refractivity contribution < 1.29 is 28.6 Å². The summed E-state index contributed by atoms with van der Waals surface area (Å²) in [6.07, 6.45) is 0. The van der Waals surface area contributed by atoms with E-state index < -0.39 is 5.97 Å². The Morgan fingerprint density at radius 1 is 0.875 bits per heavy atom. The summed E-state index contributed by atoms with van der Waals surface area (Å²) in [4.78, 5) is 36.5. The minimum absolute atomic E-state index is 0.207. The Morgan fingerprint density at radius 3 is 2.34 bits per heavy atom. The summed E-state index contributed by atoms with van der Waals surface area (Å²) < 4.78 is 16.3. The number of methoxy groups -OCH3 is 1. The van der Waals surface area contributed by atoms with Crippen molar-refractivity contribution in [2.45, 2.75) is 0 Å². The second-order valence-electron chi connectivity index (χ2n) is 6.57. The molecule has 3 aromatic rings. The zero-order valence-corrected chi connectivity index (χ0v) is 18.8. The number of esters is 1. The maximum Gasteiger partial charge on any atom is 0.338 e. The van der Waals surface area contributed by atoms with Crippen LogP contribution in [0.25, 0.3) is 0 Å². The molecule has 0 aliphatic rings. The lowest BCUT2D eigenvalue weighted by atomic mass is 10.1. The van der Waals surface area contributed by atoms with Gasteiger partial charge in [-0.2, -0.15) is 0 Å². The zero-order chi connectivity index (χ0) is 22.9. The predicted molar refractivity (Wildman–Crippen MR) is 122 cm³/mol. The Bertz CT molecular complexity index is 1110. The first kappa shape index (κ1) is 23.0. The first-order valence-electron chi connectivity index (χ1n) is 9.58. The molecule has 0 heterocycles. The van der Waals surface area contributed by atoms with Crippen molar-refractivity contribution in [3.05, 3.63) is 88.4 Å². The smallest absolute Gasteiger partial charge is 0.338 e. The topological polar surface area (TPSA) is 90.9 Å². The highest BCUT2D eigenvalue weighted by molar-refractivity contribution is 9.10. The summed E-state index contributed by atoms with van der Waals surface area (Å²) in [5, 5.41) is 2.71. The number of anilines is 1. The number of ketones is 1. The molecular formula is C24H20BrNO6. The van der Waals surface area contributed by atoms with Crippen LogP contribution >= 0.6 is 15.9 Å². The Balaban J connectivity index is 1.47. The van der Waals surface area contributed by atoms with E-state index >= 15 is 0 Å². The van der Waals surface area contributed by atoms with Crippen LogP contribution in [0.1, 0.15) is 20.7 Å². The van der Waals surface area contributed by atoms with Gasteiger partial charge in [0.25, 0.3) is 5.91 Å². The van der Waals surface area contributed by atoms with Gasteiger partial charge >= 0.3 is 5.97 Å². The number of hydrogen-bond acceptors (Lipinski definition) is 6. The molecule has 0 radical (unpaired) electrons. The Hall–Kier alpha value is -3.65. The average molecular weight is 498 g/mol. The van der Waals surface area contributed by atoms with Crippen LogP contribution in [0.5, 0.6) is 11.5 Å². The van der Waals surface area contributed by atoms with Crippen LogP contribution in [-0.2, 0) is 9.53 Å². The third kappa shape index (κ3) is 6.42. The van der Waals surface area contributed by atoms with Crippen molar-refractivity contribution >= 4 is 39.3 Å². The fourth-order valence-corrected chi connectivity index (χ4v) is 3.22. The van der Waals surface area contributed by atoms with Gasteiger partial charge in [-0.3, -0.25) is 9.59 Å². The Morgan fingerprint density at radius 2 is 1.62 bits per heavy atom. The van der Waals surface area contributed by atoms with Crippen LogP contribution in [-0.4, -0.2) is 38.0 Å². The second kappa shape index (κ2) is 11.1. The van der Waals surface area contributed by atoms with Gasteiger partial charge in [0.2, 0.25) is 5.78 Å². The molecule has 0 fully saturated rings. The standard InChI is InChI=1S/C24H20BrNO6/c1-30-19-6-4-5-17(13-19)26-23(28)15-31-18-11-9-16(10-12-18)24(29)32-14-22(27)20-7-2-3-8-21(20)25/h2-13H,14-15H2,1H3,(H,26,28). The quantitative estimate of drug-likeness (QED) is 0.345. The minimum atomic E-state index is -0.632. The third-order valence-corrected chi connectivity index (χ3v) is 5.01. The number of Topliss-reactive ketones (excluding diaryl/α,β-unsaturated/α-hetero) is 1. The molecule has 0 atom stereocenters. The molecular weight excluding hydrogens is 478 g/mol.